The number of hydrazine groups is 1. The third-order valence-electron chi connectivity index (χ3n) is 18.5. The number of hydrogen-bond donors (Lipinski definition) is 17. The second-order valence-corrected chi connectivity index (χ2v) is 28.0. The number of urea groups is 1. The van der Waals surface area contributed by atoms with Gasteiger partial charge in [-0.15, -0.1) is 0 Å². The molecule has 0 unspecified atom stereocenters. The van der Waals surface area contributed by atoms with Crippen molar-refractivity contribution < 1.29 is 77.3 Å². The van der Waals surface area contributed by atoms with E-state index in [9.17, 15) is 67.7 Å². The van der Waals surface area contributed by atoms with E-state index < -0.39 is 156 Å². The van der Waals surface area contributed by atoms with Gasteiger partial charge < -0.3 is 99.4 Å². The molecule has 2 aromatic carbocycles. The summed E-state index contributed by atoms with van der Waals surface area (Å²) in [5.41, 5.74) is 21.8. The normalized spacial score (nSPS) is 19.2. The molecule has 8 rings (SSSR count). The van der Waals surface area contributed by atoms with Gasteiger partial charge in [0.2, 0.25) is 65.0 Å². The first-order chi connectivity index (χ1) is 50.0. The highest BCUT2D eigenvalue weighted by Crippen LogP contribution is 2.30. The number of hydrogen-bond acceptors (Lipinski definition) is 18. The molecule has 4 fully saturated rings. The number of aliphatic imine (C=N–C) groups is 1. The van der Waals surface area contributed by atoms with Crippen LogP contribution in [0.3, 0.4) is 0 Å². The van der Waals surface area contributed by atoms with Crippen LogP contribution in [0.5, 0.6) is 5.75 Å². The number of carbonyl (C=O) groups excluding carboxylic acids is 13. The number of aliphatic hydroxyl groups is 1. The number of aromatic hydroxyl groups is 1. The van der Waals surface area contributed by atoms with Crippen LogP contribution in [0.15, 0.2) is 72.2 Å². The summed E-state index contributed by atoms with van der Waals surface area (Å²) >= 11 is 0. The molecule has 570 valence electrons. The quantitative estimate of drug-likeness (QED) is 0.00971. The Labute approximate surface area is 605 Å². The number of aliphatic hydroxyl groups excluding tert-OH is 1. The van der Waals surface area contributed by atoms with Crippen LogP contribution in [0.1, 0.15) is 122 Å². The van der Waals surface area contributed by atoms with Crippen LogP contribution in [0.2, 0.25) is 0 Å². The summed E-state index contributed by atoms with van der Waals surface area (Å²) in [5, 5.41) is 43.1. The summed E-state index contributed by atoms with van der Waals surface area (Å²) in [4.78, 5) is 201. The van der Waals surface area contributed by atoms with Gasteiger partial charge in [0.25, 0.3) is 5.91 Å². The topological polar surface area (TPSA) is 537 Å². The number of aromatic amines is 2. The fourth-order valence-electron chi connectivity index (χ4n) is 13.2. The van der Waals surface area contributed by atoms with Crippen molar-refractivity contribution in [3.63, 3.8) is 0 Å². The summed E-state index contributed by atoms with van der Waals surface area (Å²) in [6, 6.07) is -2.80. The number of likely N-dealkylation sites (tertiary alicyclic amines) is 3. The lowest BCUT2D eigenvalue weighted by Crippen LogP contribution is -2.62. The van der Waals surface area contributed by atoms with E-state index in [1.165, 1.54) is 51.5 Å². The number of rotatable bonds is 33. The Morgan fingerprint density at radius 2 is 1.19 bits per heavy atom. The summed E-state index contributed by atoms with van der Waals surface area (Å²) in [6.07, 6.45) is 6.26. The number of phenolic OH excluding ortho intramolecular Hbond substituents is 1. The number of fused-ring (bicyclic) bond motifs is 1. The lowest BCUT2D eigenvalue weighted by Gasteiger charge is -2.35. The molecule has 20 N–H and O–H groups in total. The lowest BCUT2D eigenvalue weighted by atomic mass is 10.0. The molecule has 0 saturated carbocycles. The van der Waals surface area contributed by atoms with Crippen LogP contribution in [0.4, 0.5) is 4.79 Å². The highest BCUT2D eigenvalue weighted by atomic mass is 16.5. The molecule has 4 saturated heterocycles. The molecule has 4 aromatic rings. The highest BCUT2D eigenvalue weighted by molar-refractivity contribution is 6.00. The van der Waals surface area contributed by atoms with E-state index in [1.54, 1.807) is 65.1 Å². The summed E-state index contributed by atoms with van der Waals surface area (Å²) in [6.45, 7) is 7.60. The van der Waals surface area contributed by atoms with E-state index in [2.05, 4.69) is 67.9 Å². The maximum Gasteiger partial charge on any atom is 0.330 e. The SMILES string of the molecule is CC(C)C[C@H](NC(=O)[C@@H](COC(C)(C)C)NC(=O)[C@H](Cc1ccc(O)cc1)NC(=O)[C@H](CO)NC(=O)[C@H](Cc1c[nH]c2ccccc12)NC(=O)[C@H](Cc1cnc[nH]1)NC(=O)[C@@H]1CCC(=O)N1)C(=O)N[C@@H](CCCN=C(N)N)C(=O)N1CCC[C@H]1C(=O)N1CCC[C@H]1C(=O)N1CCC[C@H]1C(=O)NNC(N)=O. The van der Waals surface area contributed by atoms with Gasteiger partial charge in [0, 0.05) is 80.9 Å². The minimum Gasteiger partial charge on any atom is -0.508 e. The second kappa shape index (κ2) is 37.0. The minimum atomic E-state index is -1.82. The maximum atomic E-state index is 15.0. The zero-order chi connectivity index (χ0) is 76.2. The molecule has 0 aliphatic carbocycles. The molecule has 0 bridgehead atoms. The molecule has 14 amide bonds. The van der Waals surface area contributed by atoms with Crippen molar-refractivity contribution in [2.75, 3.05) is 39.4 Å². The number of ether oxygens (including phenoxy) is 1. The number of guanidine groups is 1. The van der Waals surface area contributed by atoms with E-state index in [0.29, 0.717) is 53.4 Å². The number of H-pyrrole nitrogens is 2. The number of para-hydroxylation sites is 1. The van der Waals surface area contributed by atoms with E-state index >= 15 is 4.79 Å². The first-order valence-corrected chi connectivity index (χ1v) is 35.3. The Bertz CT molecular complexity index is 3800. The van der Waals surface area contributed by atoms with Gasteiger partial charge in [-0.3, -0.25) is 68.0 Å². The number of nitrogens with two attached hydrogens (primary N) is 3. The van der Waals surface area contributed by atoms with Gasteiger partial charge in [-0.05, 0) is 120 Å². The van der Waals surface area contributed by atoms with Gasteiger partial charge in [0.15, 0.2) is 5.96 Å². The van der Waals surface area contributed by atoms with Crippen LogP contribution in [0.25, 0.3) is 10.9 Å². The van der Waals surface area contributed by atoms with Gasteiger partial charge in [-0.2, -0.15) is 0 Å². The van der Waals surface area contributed by atoms with Crippen LogP contribution >= 0.6 is 0 Å². The minimum absolute atomic E-state index is 0.0204. The van der Waals surface area contributed by atoms with Crippen LogP contribution in [0, 0.1) is 5.92 Å². The molecule has 0 spiro atoms. The fraction of sp³-hybridized carbons (Fsp3) is 0.551. The van der Waals surface area contributed by atoms with E-state index in [1.807, 2.05) is 5.43 Å². The molecule has 11 atom stereocenters. The van der Waals surface area contributed by atoms with Crippen molar-refractivity contribution >= 4 is 93.8 Å². The standard InChI is InChI=1S/C69H98N20O16/c1-37(2)28-46(57(94)78-45(14-8-24-74-67(70)71)64(101)88-26-10-16-53(88)66(103)89-27-11-17-54(89)65(102)87-25-9-15-52(87)63(100)85-86-68(72)104)79-62(99)51(35-105-69(3,4)5)84-58(95)47(29-38-18-20-41(91)21-19-38)80-61(98)50(34-90)83-59(96)48(30-39-32-75-43-13-7-6-12-42(39)43)81-60(97)49(31-40-33-73-36-76-40)82-56(93)44-22-23-55(92)77-44/h6-7,12-13,18-21,32-33,36-37,44-54,75,90-91H,8-11,14-17,22-31,34-35H2,1-5H3,(H,73,76)(H,77,92)(H,78,94)(H,79,99)(H,80,98)(H,81,97)(H,82,93)(H,83,96)(H,84,95)(H,85,100)(H4,70,71,74)(H3,72,86,104)/t44-,45-,46-,47-,48-,49-,50-,51+,52-,53-,54-/m0/s1. The van der Waals surface area contributed by atoms with Crippen molar-refractivity contribution in [3.05, 3.63) is 84.1 Å². The number of nitrogens with one attached hydrogen (secondary N) is 12. The first-order valence-electron chi connectivity index (χ1n) is 35.3. The molecule has 0 radical (unpaired) electrons. The van der Waals surface area contributed by atoms with Crippen molar-refractivity contribution in [1.29, 1.82) is 0 Å². The van der Waals surface area contributed by atoms with Gasteiger partial charge in [0.1, 0.15) is 72.2 Å². The lowest BCUT2D eigenvalue weighted by molar-refractivity contribution is -0.151. The van der Waals surface area contributed by atoms with E-state index in [-0.39, 0.29) is 114 Å². The van der Waals surface area contributed by atoms with Gasteiger partial charge in [0.05, 0.1) is 25.1 Å². The predicted octanol–water partition coefficient (Wildman–Crippen LogP) is -3.12. The average Bonchev–Trinajstić information content (AvgIpc) is 1.67. The molecule has 36 nitrogen and oxygen atoms in total. The Morgan fingerprint density at radius 3 is 1.79 bits per heavy atom. The molecule has 6 heterocycles. The molecular formula is C69H98N20O16. The third-order valence-corrected chi connectivity index (χ3v) is 18.5. The number of nitrogens with zero attached hydrogens (tertiary/aromatic N) is 5. The fourth-order valence-corrected chi connectivity index (χ4v) is 13.2. The van der Waals surface area contributed by atoms with Gasteiger partial charge >= 0.3 is 6.03 Å². The number of carbonyl (C=O) groups is 13. The molecular weight excluding hydrogens is 1360 g/mol. The van der Waals surface area contributed by atoms with Crippen LogP contribution in [-0.2, 0) is 81.5 Å². The number of imidazole rings is 1. The number of amides is 14. The van der Waals surface area contributed by atoms with E-state index in [4.69, 9.17) is 21.9 Å². The van der Waals surface area contributed by atoms with Crippen molar-refractivity contribution in [2.45, 2.75) is 197 Å². The molecule has 36 heteroatoms. The average molecular weight is 1460 g/mol. The van der Waals surface area contributed by atoms with Crippen molar-refractivity contribution in [2.24, 2.45) is 28.1 Å². The third kappa shape index (κ3) is 22.5. The maximum absolute atomic E-state index is 15.0. The monoisotopic (exact) mass is 1460 g/mol. The van der Waals surface area contributed by atoms with Gasteiger partial charge in [-0.25, -0.2) is 15.2 Å². The Hall–Kier alpha value is -10.9. The predicted molar refractivity (Wildman–Crippen MR) is 378 cm³/mol. The van der Waals surface area contributed by atoms with E-state index in [0.717, 1.165) is 0 Å². The molecule has 4 aliphatic rings. The number of phenols is 1. The molecule has 4 aliphatic heterocycles. The smallest absolute Gasteiger partial charge is 0.330 e. The van der Waals surface area contributed by atoms with Crippen LogP contribution < -0.4 is 70.6 Å². The molecule has 2 aromatic heterocycles. The van der Waals surface area contributed by atoms with Crippen molar-refractivity contribution in [3.8, 4) is 5.75 Å². The first kappa shape index (κ1) is 79.8. The number of benzene rings is 2. The summed E-state index contributed by atoms with van der Waals surface area (Å²) in [7, 11) is 0. The Balaban J connectivity index is 1.00. The summed E-state index contributed by atoms with van der Waals surface area (Å²) < 4.78 is 6.09. The number of aromatic nitrogens is 3. The zero-order valence-electron chi connectivity index (χ0n) is 59.5. The Morgan fingerprint density at radius 1 is 0.638 bits per heavy atom. The number of primary amides is 1. The van der Waals surface area contributed by atoms with Crippen LogP contribution in [-0.4, -0.2) is 234 Å². The van der Waals surface area contributed by atoms with Gasteiger partial charge in [-0.1, -0.05) is 44.2 Å². The van der Waals surface area contributed by atoms with Crippen molar-refractivity contribution in [1.82, 2.24) is 83.0 Å². The summed E-state index contributed by atoms with van der Waals surface area (Å²) in [5.74, 6) is -9.61. The molecule has 105 heavy (non-hydrogen) atoms. The highest BCUT2D eigenvalue weighted by Gasteiger charge is 2.47. The zero-order valence-corrected chi connectivity index (χ0v) is 59.5. The Kier molecular flexibility index (Phi) is 28.1. The largest absolute Gasteiger partial charge is 0.508 e. The second-order valence-electron chi connectivity index (χ2n) is 28.0.